The van der Waals surface area contributed by atoms with Crippen molar-refractivity contribution in [2.75, 3.05) is 20.3 Å². The minimum absolute atomic E-state index is 0.206. The number of hydrogen-bond donors (Lipinski definition) is 2. The third kappa shape index (κ3) is 4.07. The van der Waals surface area contributed by atoms with Crippen LogP contribution in [-0.2, 0) is 4.74 Å². The molecule has 2 unspecified atom stereocenters. The standard InChI is InChI=1S/C10H23NO2/c1-4-6-10(12,8-11)9(2)5-7-13-3/h9,12H,4-8,11H2,1-3H3. The average Bonchev–Trinajstić information content (AvgIpc) is 2.14. The molecule has 0 aliphatic rings. The molecule has 0 saturated heterocycles. The minimum Gasteiger partial charge on any atom is -0.388 e. The first kappa shape index (κ1) is 12.9. The van der Waals surface area contributed by atoms with Crippen LogP contribution in [0.2, 0.25) is 0 Å². The van der Waals surface area contributed by atoms with Crippen molar-refractivity contribution < 1.29 is 9.84 Å². The first-order valence-corrected chi connectivity index (χ1v) is 5.02. The second kappa shape index (κ2) is 6.35. The fraction of sp³-hybridized carbons (Fsp3) is 1.00. The summed E-state index contributed by atoms with van der Waals surface area (Å²) >= 11 is 0. The second-order valence-corrected chi connectivity index (χ2v) is 3.74. The quantitative estimate of drug-likeness (QED) is 0.631. The zero-order valence-electron chi connectivity index (χ0n) is 9.05. The van der Waals surface area contributed by atoms with Crippen molar-refractivity contribution in [3.63, 3.8) is 0 Å². The summed E-state index contributed by atoms with van der Waals surface area (Å²) in [4.78, 5) is 0. The molecule has 3 heteroatoms. The third-order valence-electron chi connectivity index (χ3n) is 2.71. The Kier molecular flexibility index (Phi) is 6.29. The highest BCUT2D eigenvalue weighted by Gasteiger charge is 2.30. The van der Waals surface area contributed by atoms with Crippen LogP contribution >= 0.6 is 0 Å². The second-order valence-electron chi connectivity index (χ2n) is 3.74. The predicted octanol–water partition coefficient (Wildman–Crippen LogP) is 1.15. The number of methoxy groups -OCH3 is 1. The Bertz CT molecular complexity index is 130. The van der Waals surface area contributed by atoms with E-state index in [1.807, 2.05) is 6.92 Å². The summed E-state index contributed by atoms with van der Waals surface area (Å²) in [5.74, 6) is 0.206. The van der Waals surface area contributed by atoms with E-state index in [2.05, 4.69) is 6.92 Å². The van der Waals surface area contributed by atoms with Gasteiger partial charge in [0.15, 0.2) is 0 Å². The maximum absolute atomic E-state index is 10.1. The molecule has 3 N–H and O–H groups in total. The molecule has 2 atom stereocenters. The Balaban J connectivity index is 4.03. The Labute approximate surface area is 81.3 Å². The first-order valence-electron chi connectivity index (χ1n) is 5.02. The van der Waals surface area contributed by atoms with Crippen molar-refractivity contribution in [1.82, 2.24) is 0 Å². The van der Waals surface area contributed by atoms with Crippen molar-refractivity contribution in [3.05, 3.63) is 0 Å². The average molecular weight is 189 g/mol. The molecule has 0 aliphatic carbocycles. The number of nitrogens with two attached hydrogens (primary N) is 1. The van der Waals surface area contributed by atoms with Crippen LogP contribution in [0.15, 0.2) is 0 Å². The predicted molar refractivity (Wildman–Crippen MR) is 54.6 cm³/mol. The normalized spacial score (nSPS) is 18.2. The molecule has 3 nitrogen and oxygen atoms in total. The van der Waals surface area contributed by atoms with Gasteiger partial charge in [0.2, 0.25) is 0 Å². The molecule has 0 aromatic carbocycles. The van der Waals surface area contributed by atoms with Crippen LogP contribution in [0.4, 0.5) is 0 Å². The molecule has 0 aromatic rings. The van der Waals surface area contributed by atoms with Crippen molar-refractivity contribution in [1.29, 1.82) is 0 Å². The van der Waals surface area contributed by atoms with Crippen molar-refractivity contribution in [2.24, 2.45) is 11.7 Å². The van der Waals surface area contributed by atoms with Crippen molar-refractivity contribution in [3.8, 4) is 0 Å². The summed E-state index contributed by atoms with van der Waals surface area (Å²) in [5.41, 5.74) is 4.87. The lowest BCUT2D eigenvalue weighted by atomic mass is 9.83. The molecule has 0 aromatic heterocycles. The van der Waals surface area contributed by atoms with Gasteiger partial charge in [0.1, 0.15) is 0 Å². The number of hydrogen-bond acceptors (Lipinski definition) is 3. The van der Waals surface area contributed by atoms with E-state index >= 15 is 0 Å². The van der Waals surface area contributed by atoms with Gasteiger partial charge in [-0.1, -0.05) is 20.3 Å². The Hall–Kier alpha value is -0.120. The fourth-order valence-electron chi connectivity index (χ4n) is 1.55. The lowest BCUT2D eigenvalue weighted by Gasteiger charge is -2.32. The minimum atomic E-state index is -0.701. The van der Waals surface area contributed by atoms with Crippen LogP contribution < -0.4 is 5.73 Å². The lowest BCUT2D eigenvalue weighted by molar-refractivity contribution is -0.0222. The Morgan fingerprint density at radius 1 is 1.54 bits per heavy atom. The molecule has 0 rings (SSSR count). The van der Waals surface area contributed by atoms with E-state index in [1.165, 1.54) is 0 Å². The third-order valence-corrected chi connectivity index (χ3v) is 2.71. The number of rotatable bonds is 7. The summed E-state index contributed by atoms with van der Waals surface area (Å²) in [6.07, 6.45) is 2.60. The summed E-state index contributed by atoms with van der Waals surface area (Å²) in [5, 5.41) is 10.1. The highest BCUT2D eigenvalue weighted by molar-refractivity contribution is 4.84. The van der Waals surface area contributed by atoms with Crippen LogP contribution in [0, 0.1) is 5.92 Å². The molecule has 0 amide bonds. The largest absolute Gasteiger partial charge is 0.388 e. The van der Waals surface area contributed by atoms with E-state index in [-0.39, 0.29) is 5.92 Å². The van der Waals surface area contributed by atoms with Gasteiger partial charge in [-0.25, -0.2) is 0 Å². The van der Waals surface area contributed by atoms with Gasteiger partial charge in [-0.15, -0.1) is 0 Å². The Morgan fingerprint density at radius 2 is 2.15 bits per heavy atom. The van der Waals surface area contributed by atoms with E-state index in [9.17, 15) is 5.11 Å². The Morgan fingerprint density at radius 3 is 2.54 bits per heavy atom. The van der Waals surface area contributed by atoms with Gasteiger partial charge in [-0.2, -0.15) is 0 Å². The monoisotopic (exact) mass is 189 g/mol. The van der Waals surface area contributed by atoms with Gasteiger partial charge in [0, 0.05) is 20.3 Å². The van der Waals surface area contributed by atoms with Crippen molar-refractivity contribution >= 4 is 0 Å². The van der Waals surface area contributed by atoms with E-state index in [0.717, 1.165) is 19.3 Å². The molecule has 0 fully saturated rings. The van der Waals surface area contributed by atoms with Gasteiger partial charge in [0.25, 0.3) is 0 Å². The number of ether oxygens (including phenoxy) is 1. The topological polar surface area (TPSA) is 55.5 Å². The summed E-state index contributed by atoms with van der Waals surface area (Å²) in [6, 6.07) is 0. The van der Waals surface area contributed by atoms with Gasteiger partial charge in [-0.05, 0) is 18.8 Å². The van der Waals surface area contributed by atoms with Crippen LogP contribution in [-0.4, -0.2) is 31.0 Å². The lowest BCUT2D eigenvalue weighted by Crippen LogP contribution is -2.44. The SMILES string of the molecule is CCCC(O)(CN)C(C)CCOC. The number of aliphatic hydroxyl groups is 1. The molecule has 0 heterocycles. The summed E-state index contributed by atoms with van der Waals surface area (Å²) < 4.78 is 4.98. The highest BCUT2D eigenvalue weighted by Crippen LogP contribution is 2.24. The van der Waals surface area contributed by atoms with Gasteiger partial charge < -0.3 is 15.6 Å². The van der Waals surface area contributed by atoms with Gasteiger partial charge in [0.05, 0.1) is 5.60 Å². The molecule has 13 heavy (non-hydrogen) atoms. The maximum Gasteiger partial charge on any atom is 0.0795 e. The van der Waals surface area contributed by atoms with Crippen LogP contribution in [0.1, 0.15) is 33.1 Å². The van der Waals surface area contributed by atoms with Crippen LogP contribution in [0.25, 0.3) is 0 Å². The molecular weight excluding hydrogens is 166 g/mol. The maximum atomic E-state index is 10.1. The molecule has 0 radical (unpaired) electrons. The fourth-order valence-corrected chi connectivity index (χ4v) is 1.55. The molecule has 80 valence electrons. The highest BCUT2D eigenvalue weighted by atomic mass is 16.5. The molecule has 0 spiro atoms. The molecule has 0 saturated carbocycles. The van der Waals surface area contributed by atoms with Crippen LogP contribution in [0.5, 0.6) is 0 Å². The first-order chi connectivity index (χ1) is 6.10. The summed E-state index contributed by atoms with van der Waals surface area (Å²) in [6.45, 7) is 5.12. The zero-order chi connectivity index (χ0) is 10.3. The smallest absolute Gasteiger partial charge is 0.0795 e. The van der Waals surface area contributed by atoms with Crippen LogP contribution in [0.3, 0.4) is 0 Å². The van der Waals surface area contributed by atoms with E-state index in [4.69, 9.17) is 10.5 Å². The van der Waals surface area contributed by atoms with E-state index in [1.54, 1.807) is 7.11 Å². The summed E-state index contributed by atoms with van der Waals surface area (Å²) in [7, 11) is 1.67. The molecule has 0 aliphatic heterocycles. The van der Waals surface area contributed by atoms with Gasteiger partial charge in [-0.3, -0.25) is 0 Å². The molecular formula is C10H23NO2. The van der Waals surface area contributed by atoms with Gasteiger partial charge >= 0.3 is 0 Å². The van der Waals surface area contributed by atoms with E-state index in [0.29, 0.717) is 13.2 Å². The molecule has 0 bridgehead atoms. The van der Waals surface area contributed by atoms with E-state index < -0.39 is 5.60 Å². The van der Waals surface area contributed by atoms with Crippen molar-refractivity contribution in [2.45, 2.75) is 38.7 Å². The zero-order valence-corrected chi connectivity index (χ0v) is 9.05.